The SMILES string of the molecule is COc1cc[n+]([O-])c(C)c1Cc1ccc(Cl)cc1. The lowest BCUT2D eigenvalue weighted by atomic mass is 10.0. The third-order valence-corrected chi connectivity index (χ3v) is 3.19. The maximum Gasteiger partial charge on any atom is 0.196 e. The van der Waals surface area contributed by atoms with Crippen LogP contribution in [0.2, 0.25) is 5.02 Å². The van der Waals surface area contributed by atoms with Gasteiger partial charge in [0.2, 0.25) is 0 Å². The van der Waals surface area contributed by atoms with E-state index in [1.165, 1.54) is 6.20 Å². The van der Waals surface area contributed by atoms with Gasteiger partial charge in [0, 0.05) is 24.4 Å². The van der Waals surface area contributed by atoms with E-state index in [1.807, 2.05) is 24.3 Å². The molecule has 0 amide bonds. The van der Waals surface area contributed by atoms with Gasteiger partial charge >= 0.3 is 0 Å². The van der Waals surface area contributed by atoms with E-state index in [2.05, 4.69) is 0 Å². The van der Waals surface area contributed by atoms with Gasteiger partial charge in [0.1, 0.15) is 5.75 Å². The molecule has 0 spiro atoms. The first-order valence-electron chi connectivity index (χ1n) is 5.62. The molecule has 0 bridgehead atoms. The summed E-state index contributed by atoms with van der Waals surface area (Å²) < 4.78 is 6.15. The van der Waals surface area contributed by atoms with Crippen LogP contribution in [0.5, 0.6) is 5.75 Å². The van der Waals surface area contributed by atoms with Crippen LogP contribution < -0.4 is 9.47 Å². The molecule has 4 heteroatoms. The molecule has 3 nitrogen and oxygen atoms in total. The van der Waals surface area contributed by atoms with Crippen molar-refractivity contribution in [2.24, 2.45) is 0 Å². The summed E-state index contributed by atoms with van der Waals surface area (Å²) in [4.78, 5) is 0. The van der Waals surface area contributed by atoms with Crippen molar-refractivity contribution in [1.29, 1.82) is 0 Å². The second kappa shape index (κ2) is 5.27. The monoisotopic (exact) mass is 263 g/mol. The Morgan fingerprint density at radius 3 is 2.50 bits per heavy atom. The van der Waals surface area contributed by atoms with Crippen LogP contribution in [0, 0.1) is 12.1 Å². The number of hydrogen-bond acceptors (Lipinski definition) is 2. The third-order valence-electron chi connectivity index (χ3n) is 2.94. The Bertz CT molecular complexity index is 552. The standard InChI is InChI=1S/C14H14ClNO2/c1-10-13(14(18-2)7-8-16(10)17)9-11-3-5-12(15)6-4-11/h3-8H,9H2,1-2H3. The topological polar surface area (TPSA) is 36.2 Å². The summed E-state index contributed by atoms with van der Waals surface area (Å²) >= 11 is 5.85. The number of pyridine rings is 1. The van der Waals surface area contributed by atoms with Crippen molar-refractivity contribution < 1.29 is 9.47 Å². The van der Waals surface area contributed by atoms with Crippen LogP contribution in [0.4, 0.5) is 0 Å². The molecule has 2 rings (SSSR count). The van der Waals surface area contributed by atoms with Gasteiger partial charge in [-0.15, -0.1) is 0 Å². The van der Waals surface area contributed by atoms with Crippen LogP contribution in [-0.4, -0.2) is 7.11 Å². The first-order valence-corrected chi connectivity index (χ1v) is 5.99. The minimum atomic E-state index is 0.648. The largest absolute Gasteiger partial charge is 0.618 e. The highest BCUT2D eigenvalue weighted by molar-refractivity contribution is 6.30. The van der Waals surface area contributed by atoms with Crippen LogP contribution in [0.15, 0.2) is 36.5 Å². The molecule has 0 saturated heterocycles. The Morgan fingerprint density at radius 2 is 1.89 bits per heavy atom. The Balaban J connectivity index is 2.38. The molecular weight excluding hydrogens is 250 g/mol. The van der Waals surface area contributed by atoms with Crippen LogP contribution in [0.25, 0.3) is 0 Å². The fourth-order valence-electron chi connectivity index (χ4n) is 1.87. The van der Waals surface area contributed by atoms with E-state index in [-0.39, 0.29) is 0 Å². The molecule has 94 valence electrons. The van der Waals surface area contributed by atoms with Gasteiger partial charge in [0.05, 0.1) is 12.7 Å². The summed E-state index contributed by atoms with van der Waals surface area (Å²) in [6.07, 6.45) is 2.11. The molecular formula is C14H14ClNO2. The van der Waals surface area contributed by atoms with E-state index in [1.54, 1.807) is 20.1 Å². The molecule has 0 radical (unpaired) electrons. The number of halogens is 1. The van der Waals surface area contributed by atoms with Gasteiger partial charge in [-0.1, -0.05) is 23.7 Å². The Morgan fingerprint density at radius 1 is 1.22 bits per heavy atom. The summed E-state index contributed by atoms with van der Waals surface area (Å²) in [5, 5.41) is 12.3. The van der Waals surface area contributed by atoms with Gasteiger partial charge < -0.3 is 9.94 Å². The molecule has 0 N–H and O–H groups in total. The van der Waals surface area contributed by atoms with Crippen molar-refractivity contribution in [2.75, 3.05) is 7.11 Å². The number of benzene rings is 1. The van der Waals surface area contributed by atoms with Gasteiger partial charge in [-0.25, -0.2) is 0 Å². The number of nitrogens with zero attached hydrogens (tertiary/aromatic N) is 1. The number of ether oxygens (including phenoxy) is 1. The van der Waals surface area contributed by atoms with Gasteiger partial charge in [0.25, 0.3) is 0 Å². The smallest absolute Gasteiger partial charge is 0.196 e. The van der Waals surface area contributed by atoms with E-state index in [4.69, 9.17) is 16.3 Å². The number of hydrogen-bond donors (Lipinski definition) is 0. The Hall–Kier alpha value is -1.74. The first kappa shape index (κ1) is 12.7. The molecule has 0 aliphatic heterocycles. The van der Waals surface area contributed by atoms with E-state index in [0.717, 1.165) is 21.6 Å². The molecule has 0 aliphatic rings. The van der Waals surface area contributed by atoms with Crippen molar-refractivity contribution in [3.05, 3.63) is 63.6 Å². The van der Waals surface area contributed by atoms with Crippen LogP contribution in [0.3, 0.4) is 0 Å². The molecule has 1 aromatic heterocycles. The summed E-state index contributed by atoms with van der Waals surface area (Å²) in [5.74, 6) is 0.731. The van der Waals surface area contributed by atoms with Crippen molar-refractivity contribution in [3.63, 3.8) is 0 Å². The minimum Gasteiger partial charge on any atom is -0.618 e. The zero-order valence-electron chi connectivity index (χ0n) is 10.3. The molecule has 1 aromatic carbocycles. The summed E-state index contributed by atoms with van der Waals surface area (Å²) in [6.45, 7) is 1.79. The molecule has 0 aliphatic carbocycles. The van der Waals surface area contributed by atoms with Crippen LogP contribution >= 0.6 is 11.6 Å². The predicted octanol–water partition coefficient (Wildman–Crippen LogP) is 2.88. The first-order chi connectivity index (χ1) is 8.61. The maximum atomic E-state index is 11.6. The molecule has 2 aromatic rings. The number of methoxy groups -OCH3 is 1. The normalized spacial score (nSPS) is 10.4. The maximum absolute atomic E-state index is 11.6. The van der Waals surface area contributed by atoms with E-state index >= 15 is 0 Å². The average Bonchev–Trinajstić information content (AvgIpc) is 2.38. The van der Waals surface area contributed by atoms with E-state index in [9.17, 15) is 5.21 Å². The minimum absolute atomic E-state index is 0.648. The molecule has 1 heterocycles. The zero-order valence-corrected chi connectivity index (χ0v) is 11.1. The predicted molar refractivity (Wildman–Crippen MR) is 70.9 cm³/mol. The lowest BCUT2D eigenvalue weighted by Crippen LogP contribution is -2.30. The summed E-state index contributed by atoms with van der Waals surface area (Å²) in [6, 6.07) is 9.26. The van der Waals surface area contributed by atoms with Gasteiger partial charge in [-0.05, 0) is 17.7 Å². The van der Waals surface area contributed by atoms with Crippen molar-refractivity contribution >= 4 is 11.6 Å². The van der Waals surface area contributed by atoms with E-state index < -0.39 is 0 Å². The zero-order chi connectivity index (χ0) is 13.1. The Labute approximate surface area is 111 Å². The number of rotatable bonds is 3. The highest BCUT2D eigenvalue weighted by atomic mass is 35.5. The Kier molecular flexibility index (Phi) is 3.72. The fourth-order valence-corrected chi connectivity index (χ4v) is 2.00. The lowest BCUT2D eigenvalue weighted by molar-refractivity contribution is -0.612. The molecule has 18 heavy (non-hydrogen) atoms. The van der Waals surface area contributed by atoms with Gasteiger partial charge in [-0.3, -0.25) is 0 Å². The second-order valence-corrected chi connectivity index (χ2v) is 4.51. The van der Waals surface area contributed by atoms with Crippen LogP contribution in [-0.2, 0) is 6.42 Å². The fraction of sp³-hybridized carbons (Fsp3) is 0.214. The van der Waals surface area contributed by atoms with Gasteiger partial charge in [-0.2, -0.15) is 4.73 Å². The highest BCUT2D eigenvalue weighted by Gasteiger charge is 2.14. The van der Waals surface area contributed by atoms with E-state index in [0.29, 0.717) is 17.1 Å². The molecule has 0 unspecified atom stereocenters. The van der Waals surface area contributed by atoms with Crippen molar-refractivity contribution in [2.45, 2.75) is 13.3 Å². The number of aromatic nitrogens is 1. The highest BCUT2D eigenvalue weighted by Crippen LogP contribution is 2.23. The molecule has 0 fully saturated rings. The van der Waals surface area contributed by atoms with Gasteiger partial charge in [0.15, 0.2) is 11.9 Å². The lowest BCUT2D eigenvalue weighted by Gasteiger charge is -2.11. The van der Waals surface area contributed by atoms with Crippen LogP contribution in [0.1, 0.15) is 16.8 Å². The quantitative estimate of drug-likeness (QED) is 0.631. The third kappa shape index (κ3) is 2.57. The summed E-state index contributed by atoms with van der Waals surface area (Å²) in [7, 11) is 1.61. The second-order valence-electron chi connectivity index (χ2n) is 4.08. The molecule has 0 atom stereocenters. The molecule has 0 saturated carbocycles. The van der Waals surface area contributed by atoms with Crippen molar-refractivity contribution in [3.8, 4) is 5.75 Å². The summed E-state index contributed by atoms with van der Waals surface area (Å²) in [5.41, 5.74) is 2.65. The average molecular weight is 264 g/mol. The van der Waals surface area contributed by atoms with Crippen molar-refractivity contribution in [1.82, 2.24) is 0 Å².